The van der Waals surface area contributed by atoms with Crippen molar-refractivity contribution in [3.8, 4) is 0 Å². The van der Waals surface area contributed by atoms with Gasteiger partial charge in [0, 0.05) is 11.1 Å². The summed E-state index contributed by atoms with van der Waals surface area (Å²) in [7, 11) is -6.92. The quantitative estimate of drug-likeness (QED) is 0.816. The number of benzene rings is 1. The smallest absolute Gasteiger partial charge is 0.249 e. The number of hydrogen-bond donors (Lipinski definition) is 0. The molecule has 0 radical (unpaired) electrons. The Balaban J connectivity index is 2.39. The van der Waals surface area contributed by atoms with Gasteiger partial charge in [-0.2, -0.15) is 8.42 Å². The molecule has 0 aliphatic heterocycles. The van der Waals surface area contributed by atoms with Crippen molar-refractivity contribution >= 4 is 42.7 Å². The Morgan fingerprint density at radius 3 is 2.27 bits per heavy atom. The van der Waals surface area contributed by atoms with Crippen LogP contribution in [0.3, 0.4) is 0 Å². The summed E-state index contributed by atoms with van der Waals surface area (Å²) in [6.07, 6.45) is 1.33. The van der Waals surface area contributed by atoms with Gasteiger partial charge < -0.3 is 0 Å². The molecule has 0 N–H and O–H groups in total. The fraction of sp³-hybridized carbons (Fsp3) is 0.308. The van der Waals surface area contributed by atoms with Crippen molar-refractivity contribution in [2.24, 2.45) is 3.77 Å². The van der Waals surface area contributed by atoms with E-state index in [1.165, 1.54) is 29.7 Å². The number of hydrogen-bond acceptors (Lipinski definition) is 5. The van der Waals surface area contributed by atoms with Crippen LogP contribution in [0.5, 0.6) is 0 Å². The predicted molar refractivity (Wildman–Crippen MR) is 90.4 cm³/mol. The van der Waals surface area contributed by atoms with Crippen molar-refractivity contribution in [2.45, 2.75) is 24.5 Å². The highest BCUT2D eigenvalue weighted by molar-refractivity contribution is 8.02. The molecule has 0 saturated carbocycles. The van der Waals surface area contributed by atoms with Gasteiger partial charge in [-0.15, -0.1) is 15.1 Å². The molecule has 1 unspecified atom stereocenters. The fourth-order valence-electron chi connectivity index (χ4n) is 1.76. The van der Waals surface area contributed by atoms with E-state index in [1.807, 2.05) is 6.92 Å². The Morgan fingerprint density at radius 1 is 1.18 bits per heavy atom. The second-order valence-corrected chi connectivity index (χ2v) is 10.8. The Hall–Kier alpha value is -0.960. The molecule has 0 spiro atoms. The topological polar surface area (TPSA) is 76.5 Å². The van der Waals surface area contributed by atoms with Gasteiger partial charge in [-0.1, -0.05) is 29.3 Å². The summed E-state index contributed by atoms with van der Waals surface area (Å²) in [4.78, 5) is 4.74. The Kier molecular flexibility index (Phi) is 4.96. The maximum absolute atomic E-state index is 12.6. The summed E-state index contributed by atoms with van der Waals surface area (Å²) in [6.45, 7) is 3.59. The van der Waals surface area contributed by atoms with Crippen molar-refractivity contribution in [1.82, 2.24) is 4.98 Å². The lowest BCUT2D eigenvalue weighted by Crippen LogP contribution is -2.06. The molecule has 9 heteroatoms. The van der Waals surface area contributed by atoms with Crippen LogP contribution in [0, 0.1) is 13.8 Å². The van der Waals surface area contributed by atoms with Gasteiger partial charge in [0.05, 0.1) is 26.1 Å². The van der Waals surface area contributed by atoms with Crippen molar-refractivity contribution in [3.63, 3.8) is 0 Å². The highest BCUT2D eigenvalue weighted by atomic mass is 35.5. The first-order valence-electron chi connectivity index (χ1n) is 6.24. The summed E-state index contributed by atoms with van der Waals surface area (Å²) in [5.74, 6) is 0.00825. The predicted octanol–water partition coefficient (Wildman–Crippen LogP) is 3.40. The first-order valence-corrected chi connectivity index (χ1v) is 11.0. The van der Waals surface area contributed by atoms with Crippen molar-refractivity contribution in [2.75, 3.05) is 6.26 Å². The van der Waals surface area contributed by atoms with Crippen LogP contribution in [0.2, 0.25) is 4.47 Å². The lowest BCUT2D eigenvalue weighted by Gasteiger charge is -2.04. The van der Waals surface area contributed by atoms with Crippen molar-refractivity contribution in [3.05, 3.63) is 44.9 Å². The zero-order valence-corrected chi connectivity index (χ0v) is 15.4. The van der Waals surface area contributed by atoms with Gasteiger partial charge in [0.25, 0.3) is 10.0 Å². The Morgan fingerprint density at radius 2 is 1.77 bits per heavy atom. The largest absolute Gasteiger partial charge is 0.290 e. The van der Waals surface area contributed by atoms with Crippen LogP contribution >= 0.6 is 22.9 Å². The van der Waals surface area contributed by atoms with Crippen molar-refractivity contribution in [1.29, 1.82) is 0 Å². The van der Waals surface area contributed by atoms with Crippen LogP contribution in [-0.2, 0) is 25.5 Å². The molecular weight excluding hydrogens is 364 g/mol. The lowest BCUT2D eigenvalue weighted by molar-refractivity contribution is 0.598. The molecule has 0 fully saturated rings. The fourth-order valence-corrected chi connectivity index (χ4v) is 7.03. The second kappa shape index (κ2) is 6.27. The first-order chi connectivity index (χ1) is 10.1. The van der Waals surface area contributed by atoms with E-state index in [9.17, 15) is 12.6 Å². The summed E-state index contributed by atoms with van der Waals surface area (Å²) in [5.41, 5.74) is 1.58. The number of halogens is 1. The van der Waals surface area contributed by atoms with Crippen LogP contribution in [0.1, 0.15) is 16.1 Å². The minimum Gasteiger partial charge on any atom is -0.249 e. The highest BCUT2D eigenvalue weighted by Crippen LogP contribution is 2.25. The molecule has 2 aromatic rings. The standard InChI is InChI=1S/C13H15ClN2O3S3/c1-9-4-6-11(7-5-9)22(18,19)16-21(3,17)8-12-10(2)15-13(14)20-12/h4-7H,8H2,1-3H3. The Labute approximate surface area is 139 Å². The van der Waals surface area contributed by atoms with Crippen molar-refractivity contribution < 1.29 is 12.6 Å². The molecule has 5 nitrogen and oxygen atoms in total. The minimum atomic E-state index is -3.96. The molecule has 0 aliphatic carbocycles. The van der Waals surface area contributed by atoms with E-state index in [0.717, 1.165) is 5.56 Å². The summed E-state index contributed by atoms with van der Waals surface area (Å²) in [6, 6.07) is 6.26. The first kappa shape index (κ1) is 17.4. The number of aryl methyl sites for hydroxylation is 2. The molecule has 2 rings (SSSR count). The number of nitrogens with zero attached hydrogens (tertiary/aromatic N) is 2. The van der Waals surface area contributed by atoms with Gasteiger partial charge in [0.1, 0.15) is 0 Å². The van der Waals surface area contributed by atoms with Gasteiger partial charge >= 0.3 is 0 Å². The maximum Gasteiger partial charge on any atom is 0.290 e. The summed E-state index contributed by atoms with van der Waals surface area (Å²) >= 11 is 6.99. The van der Waals surface area contributed by atoms with Crippen LogP contribution in [0.4, 0.5) is 0 Å². The highest BCUT2D eigenvalue weighted by Gasteiger charge is 2.18. The van der Waals surface area contributed by atoms with E-state index in [4.69, 9.17) is 11.6 Å². The molecule has 22 heavy (non-hydrogen) atoms. The SMILES string of the molecule is Cc1ccc(S(=O)(=O)N=S(C)(=O)Cc2sc(Cl)nc2C)cc1. The van der Waals surface area contributed by atoms with E-state index >= 15 is 0 Å². The van der Waals surface area contributed by atoms with E-state index < -0.39 is 19.8 Å². The third-order valence-corrected chi connectivity index (χ3v) is 8.02. The third kappa shape index (κ3) is 4.28. The van der Waals surface area contributed by atoms with Gasteiger partial charge in [-0.05, 0) is 26.0 Å². The summed E-state index contributed by atoms with van der Waals surface area (Å²) in [5, 5.41) is 0. The molecule has 120 valence electrons. The molecule has 1 atom stereocenters. The average Bonchev–Trinajstić information content (AvgIpc) is 2.66. The van der Waals surface area contributed by atoms with Crippen LogP contribution in [0.15, 0.2) is 32.9 Å². The van der Waals surface area contributed by atoms with Gasteiger partial charge in [0.2, 0.25) is 0 Å². The lowest BCUT2D eigenvalue weighted by atomic mass is 10.2. The zero-order chi connectivity index (χ0) is 16.5. The molecular formula is C13H15ClN2O3S3. The number of rotatable bonds is 4. The zero-order valence-electron chi connectivity index (χ0n) is 12.2. The van der Waals surface area contributed by atoms with Crippen LogP contribution in [-0.4, -0.2) is 23.9 Å². The normalized spacial score (nSPS) is 14.5. The second-order valence-electron chi connectivity index (χ2n) is 4.94. The van der Waals surface area contributed by atoms with E-state index in [2.05, 4.69) is 8.75 Å². The Bertz CT molecular complexity index is 909. The molecule has 1 heterocycles. The molecule has 0 saturated heterocycles. The van der Waals surface area contributed by atoms with E-state index in [1.54, 1.807) is 19.1 Å². The molecule has 0 bridgehead atoms. The summed E-state index contributed by atoms with van der Waals surface area (Å²) < 4.78 is 41.0. The van der Waals surface area contributed by atoms with Gasteiger partial charge in [-0.3, -0.25) is 0 Å². The van der Waals surface area contributed by atoms with E-state index in [0.29, 0.717) is 15.0 Å². The maximum atomic E-state index is 12.6. The van der Waals surface area contributed by atoms with E-state index in [-0.39, 0.29) is 10.6 Å². The molecule has 1 aromatic heterocycles. The number of thiazole rings is 1. The van der Waals surface area contributed by atoms with Crippen LogP contribution in [0.25, 0.3) is 0 Å². The monoisotopic (exact) mass is 378 g/mol. The third-order valence-electron chi connectivity index (χ3n) is 2.84. The van der Waals surface area contributed by atoms with Gasteiger partial charge in [0.15, 0.2) is 4.47 Å². The van der Waals surface area contributed by atoms with Crippen LogP contribution < -0.4 is 0 Å². The minimum absolute atomic E-state index is 0.00825. The number of aromatic nitrogens is 1. The number of sulfonamides is 1. The molecule has 0 amide bonds. The molecule has 0 aliphatic rings. The average molecular weight is 379 g/mol. The molecule has 1 aromatic carbocycles. The van der Waals surface area contributed by atoms with Gasteiger partial charge in [-0.25, -0.2) is 9.19 Å².